The predicted molar refractivity (Wildman–Crippen MR) is 70.2 cm³/mol. The van der Waals surface area contributed by atoms with Crippen molar-refractivity contribution < 1.29 is 9.53 Å². The smallest absolute Gasteiger partial charge is 0.227 e. The van der Waals surface area contributed by atoms with E-state index in [1.165, 1.54) is 0 Å². The summed E-state index contributed by atoms with van der Waals surface area (Å²) >= 11 is 5.77. The normalized spacial score (nSPS) is 11.3. The summed E-state index contributed by atoms with van der Waals surface area (Å²) in [4.78, 5) is 11.7. The third kappa shape index (κ3) is 4.24. The third-order valence-corrected chi connectivity index (χ3v) is 2.66. The van der Waals surface area contributed by atoms with E-state index in [0.29, 0.717) is 16.4 Å². The first-order chi connectivity index (χ1) is 7.84. The van der Waals surface area contributed by atoms with E-state index in [0.717, 1.165) is 0 Å². The van der Waals surface area contributed by atoms with Gasteiger partial charge < -0.3 is 15.8 Å². The fourth-order valence-corrected chi connectivity index (χ4v) is 1.48. The minimum absolute atomic E-state index is 0.147. The maximum Gasteiger partial charge on any atom is 0.227 e. The van der Waals surface area contributed by atoms with E-state index in [4.69, 9.17) is 22.1 Å². The summed E-state index contributed by atoms with van der Waals surface area (Å²) < 4.78 is 5.18. The van der Waals surface area contributed by atoms with Crippen molar-refractivity contribution in [3.63, 3.8) is 0 Å². The molecule has 0 bridgehead atoms. The number of anilines is 2. The second kappa shape index (κ2) is 5.38. The summed E-state index contributed by atoms with van der Waals surface area (Å²) in [6.45, 7) is 3.69. The van der Waals surface area contributed by atoms with Crippen LogP contribution in [0.1, 0.15) is 20.3 Å². The summed E-state index contributed by atoms with van der Waals surface area (Å²) in [5.74, 6) is -0.147. The molecule has 0 aromatic heterocycles. The first-order valence-electron chi connectivity index (χ1n) is 5.24. The van der Waals surface area contributed by atoms with Gasteiger partial charge in [0.1, 0.15) is 0 Å². The van der Waals surface area contributed by atoms with E-state index >= 15 is 0 Å². The Balaban J connectivity index is 2.69. The van der Waals surface area contributed by atoms with Crippen LogP contribution >= 0.6 is 11.6 Å². The number of rotatable bonds is 4. The Morgan fingerprint density at radius 2 is 2.18 bits per heavy atom. The molecule has 4 nitrogen and oxygen atoms in total. The minimum atomic E-state index is -0.495. The van der Waals surface area contributed by atoms with E-state index in [1.807, 2.05) is 13.8 Å². The van der Waals surface area contributed by atoms with Crippen LogP contribution in [0.3, 0.4) is 0 Å². The number of methoxy groups -OCH3 is 1. The number of hydrogen-bond donors (Lipinski definition) is 2. The van der Waals surface area contributed by atoms with Gasteiger partial charge in [-0.25, -0.2) is 0 Å². The summed E-state index contributed by atoms with van der Waals surface area (Å²) in [5, 5.41) is 3.26. The Bertz CT molecular complexity index is 419. The standard InChI is InChI=1S/C12H17ClN2O2/c1-12(2,17-3)7-11(16)15-10-5-4-8(13)6-9(10)14/h4-6H,7,14H2,1-3H3,(H,15,16). The van der Waals surface area contributed by atoms with Gasteiger partial charge in [0.15, 0.2) is 0 Å². The van der Waals surface area contributed by atoms with Crippen LogP contribution in [0.2, 0.25) is 5.02 Å². The van der Waals surface area contributed by atoms with Crippen LogP contribution in [0.4, 0.5) is 11.4 Å². The topological polar surface area (TPSA) is 64.3 Å². The lowest BCUT2D eigenvalue weighted by atomic mass is 10.0. The lowest BCUT2D eigenvalue weighted by molar-refractivity contribution is -0.121. The van der Waals surface area contributed by atoms with Crippen molar-refractivity contribution in [3.05, 3.63) is 23.2 Å². The molecule has 0 aliphatic heterocycles. The van der Waals surface area contributed by atoms with E-state index in [-0.39, 0.29) is 12.3 Å². The lowest BCUT2D eigenvalue weighted by Gasteiger charge is -2.22. The van der Waals surface area contributed by atoms with Gasteiger partial charge in [0.25, 0.3) is 0 Å². The van der Waals surface area contributed by atoms with Crippen LogP contribution < -0.4 is 11.1 Å². The number of nitrogens with two attached hydrogens (primary N) is 1. The highest BCUT2D eigenvalue weighted by Gasteiger charge is 2.21. The number of amides is 1. The lowest BCUT2D eigenvalue weighted by Crippen LogP contribution is -2.29. The number of carbonyl (C=O) groups excluding carboxylic acids is 1. The molecule has 1 aromatic rings. The molecule has 0 heterocycles. The van der Waals surface area contributed by atoms with Crippen molar-refractivity contribution in [1.82, 2.24) is 0 Å². The van der Waals surface area contributed by atoms with Gasteiger partial charge in [-0.05, 0) is 32.0 Å². The highest BCUT2D eigenvalue weighted by atomic mass is 35.5. The average Bonchev–Trinajstić information content (AvgIpc) is 2.21. The second-order valence-electron chi connectivity index (χ2n) is 4.42. The van der Waals surface area contributed by atoms with Gasteiger partial charge in [0.05, 0.1) is 23.4 Å². The van der Waals surface area contributed by atoms with Crippen LogP contribution in [0.25, 0.3) is 0 Å². The maximum absolute atomic E-state index is 11.7. The summed E-state index contributed by atoms with van der Waals surface area (Å²) in [6.07, 6.45) is 0.256. The molecule has 0 saturated heterocycles. The van der Waals surface area contributed by atoms with Crippen LogP contribution in [-0.2, 0) is 9.53 Å². The van der Waals surface area contributed by atoms with Gasteiger partial charge in [-0.3, -0.25) is 4.79 Å². The first kappa shape index (κ1) is 13.8. The average molecular weight is 257 g/mol. The number of benzene rings is 1. The molecule has 1 aromatic carbocycles. The van der Waals surface area contributed by atoms with Crippen molar-refractivity contribution >= 4 is 28.9 Å². The molecular weight excluding hydrogens is 240 g/mol. The number of nitrogen functional groups attached to an aromatic ring is 1. The van der Waals surface area contributed by atoms with Crippen molar-refractivity contribution in [3.8, 4) is 0 Å². The number of hydrogen-bond acceptors (Lipinski definition) is 3. The molecular formula is C12H17ClN2O2. The van der Waals surface area contributed by atoms with E-state index < -0.39 is 5.60 Å². The van der Waals surface area contributed by atoms with Crippen LogP contribution in [0.5, 0.6) is 0 Å². The third-order valence-electron chi connectivity index (χ3n) is 2.43. The van der Waals surface area contributed by atoms with Crippen LogP contribution in [0, 0.1) is 0 Å². The van der Waals surface area contributed by atoms with Crippen molar-refractivity contribution in [2.75, 3.05) is 18.2 Å². The SMILES string of the molecule is COC(C)(C)CC(=O)Nc1ccc(Cl)cc1N. The Kier molecular flexibility index (Phi) is 4.37. The van der Waals surface area contributed by atoms with Crippen molar-refractivity contribution in [2.45, 2.75) is 25.9 Å². The van der Waals surface area contributed by atoms with Crippen LogP contribution in [0.15, 0.2) is 18.2 Å². The minimum Gasteiger partial charge on any atom is -0.397 e. The highest BCUT2D eigenvalue weighted by molar-refractivity contribution is 6.31. The number of halogens is 1. The molecule has 94 valence electrons. The van der Waals surface area contributed by atoms with Crippen molar-refractivity contribution in [1.29, 1.82) is 0 Å². The Morgan fingerprint density at radius 3 is 2.71 bits per heavy atom. The molecule has 0 fully saturated rings. The largest absolute Gasteiger partial charge is 0.397 e. The molecule has 0 unspecified atom stereocenters. The summed E-state index contributed by atoms with van der Waals surface area (Å²) in [7, 11) is 1.57. The number of ether oxygens (including phenoxy) is 1. The molecule has 0 saturated carbocycles. The molecule has 1 rings (SSSR count). The maximum atomic E-state index is 11.7. The zero-order valence-electron chi connectivity index (χ0n) is 10.2. The second-order valence-corrected chi connectivity index (χ2v) is 4.86. The number of nitrogens with one attached hydrogen (secondary N) is 1. The summed E-state index contributed by atoms with van der Waals surface area (Å²) in [5.41, 5.74) is 6.25. The molecule has 0 aliphatic carbocycles. The van der Waals surface area contributed by atoms with E-state index in [1.54, 1.807) is 25.3 Å². The van der Waals surface area contributed by atoms with Gasteiger partial charge in [-0.2, -0.15) is 0 Å². The Labute approximate surface area is 106 Å². The Morgan fingerprint density at radius 1 is 1.53 bits per heavy atom. The number of carbonyl (C=O) groups is 1. The van der Waals surface area contributed by atoms with Gasteiger partial charge >= 0.3 is 0 Å². The predicted octanol–water partition coefficient (Wildman–Crippen LogP) is 2.68. The van der Waals surface area contributed by atoms with E-state index in [2.05, 4.69) is 5.32 Å². The molecule has 0 radical (unpaired) electrons. The molecule has 3 N–H and O–H groups in total. The zero-order valence-corrected chi connectivity index (χ0v) is 11.0. The first-order valence-corrected chi connectivity index (χ1v) is 5.62. The Hall–Kier alpha value is -1.26. The summed E-state index contributed by atoms with van der Waals surface area (Å²) in [6, 6.07) is 4.95. The highest BCUT2D eigenvalue weighted by Crippen LogP contribution is 2.23. The zero-order chi connectivity index (χ0) is 13.1. The van der Waals surface area contributed by atoms with Crippen molar-refractivity contribution in [2.24, 2.45) is 0 Å². The monoisotopic (exact) mass is 256 g/mol. The molecule has 0 aliphatic rings. The fourth-order valence-electron chi connectivity index (χ4n) is 1.30. The van der Waals surface area contributed by atoms with Gasteiger partial charge in [0.2, 0.25) is 5.91 Å². The molecule has 0 spiro atoms. The van der Waals surface area contributed by atoms with Gasteiger partial charge in [0, 0.05) is 12.1 Å². The quantitative estimate of drug-likeness (QED) is 0.814. The van der Waals surface area contributed by atoms with E-state index in [9.17, 15) is 4.79 Å². The molecule has 1 amide bonds. The molecule has 5 heteroatoms. The van der Waals surface area contributed by atoms with Gasteiger partial charge in [-0.15, -0.1) is 0 Å². The molecule has 17 heavy (non-hydrogen) atoms. The van der Waals surface area contributed by atoms with Gasteiger partial charge in [-0.1, -0.05) is 11.6 Å². The molecule has 0 atom stereocenters. The van der Waals surface area contributed by atoms with Crippen LogP contribution in [-0.4, -0.2) is 18.6 Å². The fraction of sp³-hybridized carbons (Fsp3) is 0.417.